The van der Waals surface area contributed by atoms with Crippen LogP contribution in [0.3, 0.4) is 0 Å². The van der Waals surface area contributed by atoms with Crippen LogP contribution in [0.4, 0.5) is 0 Å². The molecule has 0 unspecified atom stereocenters. The van der Waals surface area contributed by atoms with Crippen molar-refractivity contribution in [2.24, 2.45) is 5.41 Å². The van der Waals surface area contributed by atoms with E-state index in [9.17, 15) is 0 Å². The minimum Gasteiger partial charge on any atom is -0.370 e. The minimum atomic E-state index is -0.337. The van der Waals surface area contributed by atoms with Crippen LogP contribution < -0.4 is 0 Å². The van der Waals surface area contributed by atoms with Gasteiger partial charge in [-0.1, -0.05) is 13.8 Å². The van der Waals surface area contributed by atoms with E-state index in [1.165, 1.54) is 0 Å². The third-order valence-corrected chi connectivity index (χ3v) is 3.85. The maximum Gasteiger partial charge on any atom is 0.314 e. The van der Waals surface area contributed by atoms with E-state index < -0.39 is 0 Å². The predicted octanol–water partition coefficient (Wildman–Crippen LogP) is 3.17. The van der Waals surface area contributed by atoms with E-state index in [0.717, 1.165) is 31.5 Å². The lowest BCUT2D eigenvalue weighted by Crippen LogP contribution is -2.37. The normalized spacial score (nSPS) is 23.2. The van der Waals surface area contributed by atoms with Gasteiger partial charge in [0.2, 0.25) is 0 Å². The molecule has 90 valence electrons. The molecule has 0 aromatic carbocycles. The smallest absolute Gasteiger partial charge is 0.314 e. The fourth-order valence-electron chi connectivity index (χ4n) is 2.29. The van der Waals surface area contributed by atoms with Crippen molar-refractivity contribution >= 4 is 12.2 Å². The molecule has 16 heavy (non-hydrogen) atoms. The molecular weight excluding hydrogens is 224 g/mol. The highest BCUT2D eigenvalue weighted by Crippen LogP contribution is 2.45. The molecule has 0 aliphatic heterocycles. The van der Waals surface area contributed by atoms with Crippen molar-refractivity contribution in [3.63, 3.8) is 0 Å². The van der Waals surface area contributed by atoms with Crippen LogP contribution in [0.2, 0.25) is 0 Å². The van der Waals surface area contributed by atoms with E-state index in [-0.39, 0.29) is 10.4 Å². The molecule has 1 heterocycles. The number of nitrogens with one attached hydrogen (secondary N) is 1. The molecule has 1 aromatic heterocycles. The van der Waals surface area contributed by atoms with Crippen molar-refractivity contribution in [3.8, 4) is 0 Å². The highest BCUT2D eigenvalue weighted by molar-refractivity contribution is 7.71. The molecule has 0 amide bonds. The average molecular weight is 242 g/mol. The molecule has 1 aliphatic carbocycles. The third kappa shape index (κ3) is 2.06. The van der Waals surface area contributed by atoms with Crippen molar-refractivity contribution < 1.29 is 9.26 Å². The number of hydrogen-bond acceptors (Lipinski definition) is 4. The summed E-state index contributed by atoms with van der Waals surface area (Å²) in [6.45, 7) is 4.58. The number of aromatic amines is 1. The van der Waals surface area contributed by atoms with Crippen LogP contribution in [0.1, 0.15) is 45.4 Å². The number of ether oxygens (including phenoxy) is 1. The Hall–Kier alpha value is -0.680. The zero-order valence-corrected chi connectivity index (χ0v) is 10.8. The fraction of sp³-hybridized carbons (Fsp3) is 0.818. The van der Waals surface area contributed by atoms with Gasteiger partial charge in [-0.25, -0.2) is 5.16 Å². The Labute approximate surface area is 100 Å². The van der Waals surface area contributed by atoms with Crippen LogP contribution in [-0.2, 0) is 10.3 Å². The van der Waals surface area contributed by atoms with E-state index >= 15 is 0 Å². The summed E-state index contributed by atoms with van der Waals surface area (Å²) in [7, 11) is 1.73. The van der Waals surface area contributed by atoms with Gasteiger partial charge in [-0.15, -0.1) is 0 Å². The Morgan fingerprint density at radius 3 is 2.38 bits per heavy atom. The summed E-state index contributed by atoms with van der Waals surface area (Å²) in [5.74, 6) is 0.732. The Morgan fingerprint density at radius 1 is 1.31 bits per heavy atom. The molecule has 1 N–H and O–H groups in total. The summed E-state index contributed by atoms with van der Waals surface area (Å²) in [5.41, 5.74) is 0.0542. The molecule has 1 aliphatic rings. The first-order valence-electron chi connectivity index (χ1n) is 5.59. The van der Waals surface area contributed by atoms with E-state index in [2.05, 4.69) is 24.0 Å². The van der Waals surface area contributed by atoms with Crippen molar-refractivity contribution in [1.29, 1.82) is 0 Å². The quantitative estimate of drug-likeness (QED) is 0.809. The zero-order chi connectivity index (χ0) is 11.8. The summed E-state index contributed by atoms with van der Waals surface area (Å²) >= 11 is 4.88. The van der Waals surface area contributed by atoms with Crippen LogP contribution >= 0.6 is 12.2 Å². The highest BCUT2D eigenvalue weighted by atomic mass is 32.1. The van der Waals surface area contributed by atoms with Gasteiger partial charge in [0, 0.05) is 7.11 Å². The number of hydrogen-bond donors (Lipinski definition) is 1. The lowest BCUT2D eigenvalue weighted by atomic mass is 9.70. The second kappa shape index (κ2) is 3.96. The predicted molar refractivity (Wildman–Crippen MR) is 62.6 cm³/mol. The third-order valence-electron chi connectivity index (χ3n) is 3.67. The van der Waals surface area contributed by atoms with Crippen LogP contribution in [-0.4, -0.2) is 17.3 Å². The van der Waals surface area contributed by atoms with Crippen molar-refractivity contribution in [2.75, 3.05) is 7.11 Å². The van der Waals surface area contributed by atoms with Crippen molar-refractivity contribution in [3.05, 3.63) is 10.7 Å². The molecule has 0 radical (unpaired) electrons. The molecule has 0 atom stereocenters. The highest BCUT2D eigenvalue weighted by Gasteiger charge is 2.42. The van der Waals surface area contributed by atoms with Crippen LogP contribution in [0.15, 0.2) is 4.52 Å². The van der Waals surface area contributed by atoms with Gasteiger partial charge in [0.15, 0.2) is 5.82 Å². The first-order valence-corrected chi connectivity index (χ1v) is 5.99. The summed E-state index contributed by atoms with van der Waals surface area (Å²) in [4.78, 5) is 4.44. The van der Waals surface area contributed by atoms with Gasteiger partial charge < -0.3 is 9.26 Å². The summed E-state index contributed by atoms with van der Waals surface area (Å²) < 4.78 is 10.7. The molecule has 4 nitrogen and oxygen atoms in total. The minimum absolute atomic E-state index is 0.247. The van der Waals surface area contributed by atoms with Crippen LogP contribution in [0, 0.1) is 10.3 Å². The van der Waals surface area contributed by atoms with Gasteiger partial charge in [0.05, 0.1) is 0 Å². The van der Waals surface area contributed by atoms with Gasteiger partial charge in [-0.05, 0) is 43.3 Å². The van der Waals surface area contributed by atoms with Gasteiger partial charge in [-0.2, -0.15) is 4.98 Å². The largest absolute Gasteiger partial charge is 0.370 e. The molecule has 1 fully saturated rings. The topological polar surface area (TPSA) is 51.1 Å². The number of nitrogens with zero attached hydrogens (tertiary/aromatic N) is 1. The Morgan fingerprint density at radius 2 is 1.94 bits per heavy atom. The summed E-state index contributed by atoms with van der Waals surface area (Å²) in [5, 5.41) is 2.78. The monoisotopic (exact) mass is 242 g/mol. The number of H-pyrrole nitrogens is 1. The van der Waals surface area contributed by atoms with Gasteiger partial charge in [0.1, 0.15) is 5.60 Å². The SMILES string of the molecule is COC1(c2nc(=S)o[nH]2)CCC(C)(C)CC1. The van der Waals surface area contributed by atoms with E-state index in [0.29, 0.717) is 5.41 Å². The van der Waals surface area contributed by atoms with E-state index in [1.54, 1.807) is 7.11 Å². The van der Waals surface area contributed by atoms with Crippen molar-refractivity contribution in [1.82, 2.24) is 10.1 Å². The number of methoxy groups -OCH3 is 1. The lowest BCUT2D eigenvalue weighted by molar-refractivity contribution is -0.0740. The Kier molecular flexibility index (Phi) is 2.92. The van der Waals surface area contributed by atoms with Crippen molar-refractivity contribution in [2.45, 2.75) is 45.1 Å². The molecule has 2 rings (SSSR count). The van der Waals surface area contributed by atoms with Gasteiger partial charge in [-0.3, -0.25) is 0 Å². The summed E-state index contributed by atoms with van der Waals surface area (Å²) in [6, 6.07) is 0. The molecule has 0 bridgehead atoms. The number of aromatic nitrogens is 2. The molecular formula is C11H18N2O2S. The molecule has 1 aromatic rings. The van der Waals surface area contributed by atoms with E-state index in [4.69, 9.17) is 21.5 Å². The standard InChI is InChI=1S/C11H18N2O2S/c1-10(2)4-6-11(14-3,7-5-10)8-12-9(16)15-13-8/h4-7H2,1-3H3,(H,12,13,16). The van der Waals surface area contributed by atoms with Crippen LogP contribution in [0.25, 0.3) is 0 Å². The first-order chi connectivity index (χ1) is 7.47. The molecule has 1 saturated carbocycles. The molecule has 0 spiro atoms. The zero-order valence-electron chi connectivity index (χ0n) is 10.0. The van der Waals surface area contributed by atoms with Gasteiger partial charge in [0.25, 0.3) is 0 Å². The first kappa shape index (κ1) is 11.8. The Balaban J connectivity index is 2.25. The maximum absolute atomic E-state index is 5.67. The molecule has 0 saturated heterocycles. The Bertz CT molecular complexity index is 412. The average Bonchev–Trinajstić information content (AvgIpc) is 2.66. The fourth-order valence-corrected chi connectivity index (χ4v) is 2.42. The van der Waals surface area contributed by atoms with E-state index in [1.807, 2.05) is 0 Å². The second-order valence-electron chi connectivity index (χ2n) is 5.29. The second-order valence-corrected chi connectivity index (χ2v) is 5.64. The maximum atomic E-state index is 5.67. The lowest BCUT2D eigenvalue weighted by Gasteiger charge is -2.40. The molecule has 5 heteroatoms. The summed E-state index contributed by atoms with van der Waals surface area (Å²) in [6.07, 6.45) is 4.14. The van der Waals surface area contributed by atoms with Crippen LogP contribution in [0.5, 0.6) is 0 Å². The van der Waals surface area contributed by atoms with Gasteiger partial charge >= 0.3 is 4.84 Å². The number of rotatable bonds is 2.